The van der Waals surface area contributed by atoms with Gasteiger partial charge in [-0.25, -0.2) is 17.5 Å². The van der Waals surface area contributed by atoms with Crippen molar-refractivity contribution in [3.63, 3.8) is 0 Å². The highest BCUT2D eigenvalue weighted by molar-refractivity contribution is 7.89. The molecule has 0 bridgehead atoms. The summed E-state index contributed by atoms with van der Waals surface area (Å²) in [6.07, 6.45) is 0.514. The smallest absolute Gasteiger partial charge is 0.244 e. The fourth-order valence-electron chi connectivity index (χ4n) is 2.87. The number of methoxy groups -OCH3 is 1. The van der Waals surface area contributed by atoms with Gasteiger partial charge in [-0.05, 0) is 29.7 Å². The Morgan fingerprint density at radius 1 is 1.26 bits per heavy atom. The number of nitrogens with two attached hydrogens (primary N) is 1. The number of nitrogens with one attached hydrogen (secondary N) is 1. The van der Waals surface area contributed by atoms with Gasteiger partial charge in [0.15, 0.2) is 0 Å². The van der Waals surface area contributed by atoms with Crippen LogP contribution in [0.3, 0.4) is 0 Å². The second-order valence-electron chi connectivity index (χ2n) is 5.45. The molecule has 1 aliphatic carbocycles. The van der Waals surface area contributed by atoms with Crippen LogP contribution in [0.25, 0.3) is 0 Å². The Kier molecular flexibility index (Phi) is 4.09. The lowest BCUT2D eigenvalue weighted by molar-refractivity contribution is 0.398. The summed E-state index contributed by atoms with van der Waals surface area (Å²) in [5.41, 5.74) is 8.12. The predicted octanol–water partition coefficient (Wildman–Crippen LogP) is 1.74. The van der Waals surface area contributed by atoms with E-state index in [0.717, 1.165) is 23.3 Å². The van der Waals surface area contributed by atoms with E-state index in [0.29, 0.717) is 6.42 Å². The maximum absolute atomic E-state index is 13.3. The largest absolute Gasteiger partial charge is 0.495 e. The van der Waals surface area contributed by atoms with Gasteiger partial charge >= 0.3 is 0 Å². The van der Waals surface area contributed by atoms with E-state index in [1.54, 1.807) is 0 Å². The zero-order chi connectivity index (χ0) is 16.6. The molecule has 0 saturated carbocycles. The number of hydrogen-bond acceptors (Lipinski definition) is 4. The third-order valence-electron chi connectivity index (χ3n) is 4.01. The van der Waals surface area contributed by atoms with E-state index in [2.05, 4.69) is 4.72 Å². The second-order valence-corrected chi connectivity index (χ2v) is 7.13. The summed E-state index contributed by atoms with van der Waals surface area (Å²) in [6, 6.07) is 10.0. The van der Waals surface area contributed by atoms with Gasteiger partial charge in [-0.1, -0.05) is 24.3 Å². The first kappa shape index (κ1) is 15.9. The summed E-state index contributed by atoms with van der Waals surface area (Å²) >= 11 is 0. The van der Waals surface area contributed by atoms with Crippen LogP contribution in [0.15, 0.2) is 47.4 Å². The van der Waals surface area contributed by atoms with Crippen LogP contribution < -0.4 is 15.2 Å². The number of fused-ring (bicyclic) bond motifs is 1. The van der Waals surface area contributed by atoms with Gasteiger partial charge in [0.1, 0.15) is 16.5 Å². The molecular formula is C16H17FN2O3S. The Morgan fingerprint density at radius 2 is 2.00 bits per heavy atom. The van der Waals surface area contributed by atoms with Crippen LogP contribution in [-0.2, 0) is 16.4 Å². The van der Waals surface area contributed by atoms with Gasteiger partial charge in [0.05, 0.1) is 7.11 Å². The first-order valence-corrected chi connectivity index (χ1v) is 8.60. The standard InChI is InChI=1S/C16H17FN2O3S/c1-22-14-9-11(17)6-7-15(14)23(20,21)19-13-8-10-4-2-3-5-12(10)16(13)18/h2-7,9,13,16,19H,8,18H2,1H3/t13-,16-/m1/s1. The SMILES string of the molecule is COc1cc(F)ccc1S(=O)(=O)N[C@@H]1Cc2ccccc2[C@H]1N. The molecule has 2 atom stereocenters. The fourth-order valence-corrected chi connectivity index (χ4v) is 4.28. The van der Waals surface area contributed by atoms with E-state index in [4.69, 9.17) is 10.5 Å². The molecule has 0 aliphatic heterocycles. The third-order valence-corrected chi connectivity index (χ3v) is 5.54. The Balaban J connectivity index is 1.89. The van der Waals surface area contributed by atoms with E-state index in [1.165, 1.54) is 13.2 Å². The molecule has 0 heterocycles. The summed E-state index contributed by atoms with van der Waals surface area (Å²) in [4.78, 5) is -0.107. The van der Waals surface area contributed by atoms with Crippen molar-refractivity contribution in [2.45, 2.75) is 23.4 Å². The summed E-state index contributed by atoms with van der Waals surface area (Å²) < 4.78 is 46.0. The second kappa shape index (κ2) is 5.92. The Morgan fingerprint density at radius 3 is 2.70 bits per heavy atom. The molecule has 2 aromatic rings. The van der Waals surface area contributed by atoms with Crippen molar-refractivity contribution in [1.29, 1.82) is 0 Å². The predicted molar refractivity (Wildman–Crippen MR) is 84.1 cm³/mol. The van der Waals surface area contributed by atoms with Gasteiger partial charge < -0.3 is 10.5 Å². The monoisotopic (exact) mass is 336 g/mol. The highest BCUT2D eigenvalue weighted by atomic mass is 32.2. The molecule has 1 aliphatic rings. The van der Waals surface area contributed by atoms with E-state index < -0.39 is 27.9 Å². The normalized spacial score (nSPS) is 20.3. The van der Waals surface area contributed by atoms with E-state index in [-0.39, 0.29) is 10.6 Å². The lowest BCUT2D eigenvalue weighted by Gasteiger charge is -2.19. The minimum atomic E-state index is -3.88. The summed E-state index contributed by atoms with van der Waals surface area (Å²) in [7, 11) is -2.58. The molecule has 0 fully saturated rings. The molecule has 0 aromatic heterocycles. The van der Waals surface area contributed by atoms with Gasteiger partial charge in [-0.2, -0.15) is 0 Å². The molecule has 7 heteroatoms. The van der Waals surface area contributed by atoms with Gasteiger partial charge in [0.2, 0.25) is 10.0 Å². The lowest BCUT2D eigenvalue weighted by atomic mass is 10.1. The van der Waals surface area contributed by atoms with Crippen LogP contribution in [-0.4, -0.2) is 21.6 Å². The molecule has 3 N–H and O–H groups in total. The molecule has 0 unspecified atom stereocenters. The summed E-state index contributed by atoms with van der Waals surface area (Å²) in [5.74, 6) is -0.604. The van der Waals surface area contributed by atoms with Crippen molar-refractivity contribution in [3.8, 4) is 5.75 Å². The minimum Gasteiger partial charge on any atom is -0.495 e. The van der Waals surface area contributed by atoms with Crippen LogP contribution in [0.5, 0.6) is 5.75 Å². The average Bonchev–Trinajstić information content (AvgIpc) is 2.83. The van der Waals surface area contributed by atoms with E-state index in [9.17, 15) is 12.8 Å². The molecular weight excluding hydrogens is 319 g/mol. The van der Waals surface area contributed by atoms with Crippen LogP contribution in [0.2, 0.25) is 0 Å². The maximum Gasteiger partial charge on any atom is 0.244 e. The van der Waals surface area contributed by atoms with E-state index >= 15 is 0 Å². The first-order valence-electron chi connectivity index (χ1n) is 7.11. The topological polar surface area (TPSA) is 81.4 Å². The molecule has 0 saturated heterocycles. The van der Waals surface area contributed by atoms with Crippen molar-refractivity contribution < 1.29 is 17.5 Å². The Hall–Kier alpha value is -1.96. The molecule has 122 valence electrons. The average molecular weight is 336 g/mol. The summed E-state index contributed by atoms with van der Waals surface area (Å²) in [6.45, 7) is 0. The van der Waals surface area contributed by atoms with Crippen LogP contribution in [0.4, 0.5) is 4.39 Å². The van der Waals surface area contributed by atoms with Gasteiger partial charge in [-0.15, -0.1) is 0 Å². The molecule has 0 amide bonds. The van der Waals surface area contributed by atoms with Crippen molar-refractivity contribution >= 4 is 10.0 Å². The quantitative estimate of drug-likeness (QED) is 0.891. The van der Waals surface area contributed by atoms with Gasteiger partial charge in [0, 0.05) is 18.2 Å². The number of sulfonamides is 1. The number of rotatable bonds is 4. The number of halogens is 1. The van der Waals surface area contributed by atoms with Crippen molar-refractivity contribution in [3.05, 3.63) is 59.4 Å². The Labute approximate surface area is 134 Å². The molecule has 3 rings (SSSR count). The van der Waals surface area contributed by atoms with Crippen molar-refractivity contribution in [2.24, 2.45) is 5.73 Å². The fraction of sp³-hybridized carbons (Fsp3) is 0.250. The maximum atomic E-state index is 13.3. The zero-order valence-electron chi connectivity index (χ0n) is 12.5. The van der Waals surface area contributed by atoms with Gasteiger partial charge in [-0.3, -0.25) is 0 Å². The minimum absolute atomic E-state index is 0.0402. The molecule has 5 nitrogen and oxygen atoms in total. The number of benzene rings is 2. The highest BCUT2D eigenvalue weighted by Gasteiger charge is 2.33. The number of ether oxygens (including phenoxy) is 1. The van der Waals surface area contributed by atoms with E-state index in [1.807, 2.05) is 24.3 Å². The lowest BCUT2D eigenvalue weighted by Crippen LogP contribution is -2.40. The van der Waals surface area contributed by atoms with Crippen LogP contribution in [0, 0.1) is 5.82 Å². The molecule has 0 spiro atoms. The first-order chi connectivity index (χ1) is 10.9. The molecule has 2 aromatic carbocycles. The molecule has 23 heavy (non-hydrogen) atoms. The van der Waals surface area contributed by atoms with Crippen LogP contribution >= 0.6 is 0 Å². The Bertz CT molecular complexity index is 839. The van der Waals surface area contributed by atoms with Gasteiger partial charge in [0.25, 0.3) is 0 Å². The van der Waals surface area contributed by atoms with Crippen LogP contribution in [0.1, 0.15) is 17.2 Å². The van der Waals surface area contributed by atoms with Crippen molar-refractivity contribution in [1.82, 2.24) is 4.72 Å². The zero-order valence-corrected chi connectivity index (χ0v) is 13.3. The van der Waals surface area contributed by atoms with Crippen molar-refractivity contribution in [2.75, 3.05) is 7.11 Å². The number of hydrogen-bond donors (Lipinski definition) is 2. The molecule has 0 radical (unpaired) electrons. The third kappa shape index (κ3) is 2.95. The summed E-state index contributed by atoms with van der Waals surface area (Å²) in [5, 5.41) is 0. The highest BCUT2D eigenvalue weighted by Crippen LogP contribution is 2.31.